The molecule has 6 nitrogen and oxygen atoms in total. The molecule has 0 aliphatic carbocycles. The topological polar surface area (TPSA) is 73.3 Å². The third-order valence-corrected chi connectivity index (χ3v) is 4.11. The molecule has 1 aromatic heterocycles. The SMILES string of the molecule is COC(=O)C=Cc1cnc(SC)nc1NCc1ccc(OC)c(Cl)c1. The van der Waals surface area contributed by atoms with E-state index in [1.54, 1.807) is 19.4 Å². The average Bonchev–Trinajstić information content (AvgIpc) is 2.64. The summed E-state index contributed by atoms with van der Waals surface area (Å²) in [5, 5.41) is 4.42. The Labute approximate surface area is 155 Å². The summed E-state index contributed by atoms with van der Waals surface area (Å²) in [5.41, 5.74) is 1.65. The molecule has 1 N–H and O–H groups in total. The van der Waals surface area contributed by atoms with E-state index in [1.165, 1.54) is 24.9 Å². The normalized spacial score (nSPS) is 10.7. The molecule has 0 aliphatic heterocycles. The molecule has 0 saturated heterocycles. The second kappa shape index (κ2) is 9.29. The van der Waals surface area contributed by atoms with Gasteiger partial charge in [0.2, 0.25) is 0 Å². The number of aromatic nitrogens is 2. The fourth-order valence-corrected chi connectivity index (χ4v) is 2.59. The van der Waals surface area contributed by atoms with Crippen molar-refractivity contribution in [1.82, 2.24) is 9.97 Å². The number of carbonyl (C=O) groups excluding carboxylic acids is 1. The van der Waals surface area contributed by atoms with E-state index >= 15 is 0 Å². The molecule has 2 rings (SSSR count). The third-order valence-electron chi connectivity index (χ3n) is 3.25. The summed E-state index contributed by atoms with van der Waals surface area (Å²) >= 11 is 7.58. The molecule has 0 amide bonds. The van der Waals surface area contributed by atoms with Crippen molar-refractivity contribution in [3.63, 3.8) is 0 Å². The maximum atomic E-state index is 11.3. The van der Waals surface area contributed by atoms with Crippen LogP contribution in [0.15, 0.2) is 35.6 Å². The molecule has 8 heteroatoms. The molecule has 2 aromatic rings. The van der Waals surface area contributed by atoms with E-state index in [0.717, 1.165) is 5.56 Å². The van der Waals surface area contributed by atoms with E-state index < -0.39 is 5.97 Å². The number of thioether (sulfide) groups is 1. The zero-order valence-corrected chi connectivity index (χ0v) is 15.6. The first-order chi connectivity index (χ1) is 12.1. The highest BCUT2D eigenvalue weighted by Crippen LogP contribution is 2.25. The number of hydrogen-bond donors (Lipinski definition) is 1. The Balaban J connectivity index is 2.20. The predicted octanol–water partition coefficient (Wildman–Crippen LogP) is 3.66. The zero-order chi connectivity index (χ0) is 18.2. The lowest BCUT2D eigenvalue weighted by atomic mass is 10.2. The van der Waals surface area contributed by atoms with Gasteiger partial charge in [-0.05, 0) is 30.0 Å². The number of hydrogen-bond acceptors (Lipinski definition) is 7. The molecule has 1 heterocycles. The first kappa shape index (κ1) is 19.1. The van der Waals surface area contributed by atoms with Crippen LogP contribution in [0, 0.1) is 0 Å². The third kappa shape index (κ3) is 5.37. The number of benzene rings is 1. The second-order valence-corrected chi connectivity index (χ2v) is 6.02. The van der Waals surface area contributed by atoms with Gasteiger partial charge in [-0.1, -0.05) is 29.4 Å². The van der Waals surface area contributed by atoms with Crippen molar-refractivity contribution >= 4 is 41.2 Å². The van der Waals surface area contributed by atoms with Crippen molar-refractivity contribution in [2.45, 2.75) is 11.7 Å². The van der Waals surface area contributed by atoms with Crippen LogP contribution in [-0.2, 0) is 16.1 Å². The number of methoxy groups -OCH3 is 2. The van der Waals surface area contributed by atoms with Crippen LogP contribution in [0.25, 0.3) is 6.08 Å². The van der Waals surface area contributed by atoms with Crippen molar-refractivity contribution in [2.75, 3.05) is 25.8 Å². The zero-order valence-electron chi connectivity index (χ0n) is 14.1. The van der Waals surface area contributed by atoms with Gasteiger partial charge in [0.15, 0.2) is 5.16 Å². The van der Waals surface area contributed by atoms with E-state index in [9.17, 15) is 4.79 Å². The Kier molecular flexibility index (Phi) is 7.09. The first-order valence-corrected chi connectivity index (χ1v) is 8.91. The van der Waals surface area contributed by atoms with Gasteiger partial charge in [-0.25, -0.2) is 14.8 Å². The minimum absolute atomic E-state index is 0.443. The molecule has 0 saturated carbocycles. The van der Waals surface area contributed by atoms with Crippen molar-refractivity contribution in [3.8, 4) is 5.75 Å². The standard InChI is InChI=1S/C17H18ClN3O3S/c1-23-14-6-4-11(8-13(14)18)9-19-16-12(5-7-15(22)24-2)10-20-17(21-16)25-3/h4-8,10H,9H2,1-3H3,(H,19,20,21). The number of nitrogens with zero attached hydrogens (tertiary/aromatic N) is 2. The van der Waals surface area contributed by atoms with E-state index in [1.807, 2.05) is 24.5 Å². The molecule has 0 unspecified atom stereocenters. The van der Waals surface area contributed by atoms with E-state index in [0.29, 0.717) is 33.9 Å². The number of esters is 1. The smallest absolute Gasteiger partial charge is 0.330 e. The lowest BCUT2D eigenvalue weighted by molar-refractivity contribution is -0.134. The number of nitrogens with one attached hydrogen (secondary N) is 1. The van der Waals surface area contributed by atoms with Crippen LogP contribution >= 0.6 is 23.4 Å². The van der Waals surface area contributed by atoms with Gasteiger partial charge in [0.1, 0.15) is 11.6 Å². The molecule has 0 fully saturated rings. The van der Waals surface area contributed by atoms with Crippen molar-refractivity contribution in [2.24, 2.45) is 0 Å². The van der Waals surface area contributed by atoms with Crippen LogP contribution in [-0.4, -0.2) is 36.4 Å². The Bertz CT molecular complexity index is 784. The summed E-state index contributed by atoms with van der Waals surface area (Å²) < 4.78 is 9.75. The molecular weight excluding hydrogens is 362 g/mol. The summed E-state index contributed by atoms with van der Waals surface area (Å²) in [6.45, 7) is 0.508. The highest BCUT2D eigenvalue weighted by atomic mass is 35.5. The molecule has 132 valence electrons. The fourth-order valence-electron chi connectivity index (χ4n) is 1.97. The first-order valence-electron chi connectivity index (χ1n) is 7.30. The molecule has 0 spiro atoms. The fraction of sp³-hybridized carbons (Fsp3) is 0.235. The van der Waals surface area contributed by atoms with Crippen LogP contribution < -0.4 is 10.1 Å². The number of ether oxygens (including phenoxy) is 2. The quantitative estimate of drug-likeness (QED) is 0.340. The molecule has 0 aliphatic rings. The molecular formula is C17H18ClN3O3S. The molecule has 25 heavy (non-hydrogen) atoms. The van der Waals surface area contributed by atoms with E-state index in [-0.39, 0.29) is 0 Å². The Morgan fingerprint density at radius 1 is 1.40 bits per heavy atom. The van der Waals surface area contributed by atoms with E-state index in [2.05, 4.69) is 20.0 Å². The van der Waals surface area contributed by atoms with Gasteiger partial charge < -0.3 is 14.8 Å². The number of anilines is 1. The van der Waals surface area contributed by atoms with Gasteiger partial charge in [-0.2, -0.15) is 0 Å². The van der Waals surface area contributed by atoms with Gasteiger partial charge in [0.05, 0.1) is 19.2 Å². The average molecular weight is 380 g/mol. The minimum atomic E-state index is -0.443. The summed E-state index contributed by atoms with van der Waals surface area (Å²) in [6.07, 6.45) is 6.49. The van der Waals surface area contributed by atoms with Gasteiger partial charge >= 0.3 is 5.97 Å². The molecule has 1 aromatic carbocycles. The second-order valence-electron chi connectivity index (χ2n) is 4.84. The van der Waals surface area contributed by atoms with Gasteiger partial charge in [-0.3, -0.25) is 0 Å². The van der Waals surface area contributed by atoms with Gasteiger partial charge in [0.25, 0.3) is 0 Å². The van der Waals surface area contributed by atoms with Crippen molar-refractivity contribution in [3.05, 3.63) is 46.6 Å². The van der Waals surface area contributed by atoms with Crippen LogP contribution in [0.3, 0.4) is 0 Å². The maximum absolute atomic E-state index is 11.3. The maximum Gasteiger partial charge on any atom is 0.330 e. The number of halogens is 1. The van der Waals surface area contributed by atoms with Crippen molar-refractivity contribution in [1.29, 1.82) is 0 Å². The Hall–Kier alpha value is -2.25. The van der Waals surface area contributed by atoms with Crippen LogP contribution in [0.5, 0.6) is 5.75 Å². The number of carbonyl (C=O) groups is 1. The largest absolute Gasteiger partial charge is 0.495 e. The Morgan fingerprint density at radius 3 is 2.84 bits per heavy atom. The minimum Gasteiger partial charge on any atom is -0.495 e. The summed E-state index contributed by atoms with van der Waals surface area (Å²) in [4.78, 5) is 20.0. The van der Waals surface area contributed by atoms with Gasteiger partial charge in [0, 0.05) is 24.4 Å². The predicted molar refractivity (Wildman–Crippen MR) is 100 cm³/mol. The Morgan fingerprint density at radius 2 is 2.20 bits per heavy atom. The van der Waals surface area contributed by atoms with Gasteiger partial charge in [-0.15, -0.1) is 0 Å². The summed E-state index contributed by atoms with van der Waals surface area (Å²) in [6, 6.07) is 5.55. The molecule has 0 bridgehead atoms. The van der Waals surface area contributed by atoms with Crippen LogP contribution in [0.4, 0.5) is 5.82 Å². The summed E-state index contributed by atoms with van der Waals surface area (Å²) in [7, 11) is 2.90. The van der Waals surface area contributed by atoms with Crippen LogP contribution in [0.1, 0.15) is 11.1 Å². The van der Waals surface area contributed by atoms with E-state index in [4.69, 9.17) is 16.3 Å². The lowest BCUT2D eigenvalue weighted by Crippen LogP contribution is -2.05. The van der Waals surface area contributed by atoms with Crippen LogP contribution in [0.2, 0.25) is 5.02 Å². The van der Waals surface area contributed by atoms with Crippen molar-refractivity contribution < 1.29 is 14.3 Å². The monoisotopic (exact) mass is 379 g/mol. The summed E-state index contributed by atoms with van der Waals surface area (Å²) in [5.74, 6) is 0.798. The molecule has 0 radical (unpaired) electrons. The lowest BCUT2D eigenvalue weighted by Gasteiger charge is -2.11. The number of rotatable bonds is 7. The highest BCUT2D eigenvalue weighted by Gasteiger charge is 2.07. The molecule has 0 atom stereocenters. The highest BCUT2D eigenvalue weighted by molar-refractivity contribution is 7.98.